The van der Waals surface area contributed by atoms with Gasteiger partial charge in [0.05, 0.1) is 4.92 Å². The van der Waals surface area contributed by atoms with Crippen molar-refractivity contribution in [3.63, 3.8) is 0 Å². The van der Waals surface area contributed by atoms with E-state index in [9.17, 15) is 18.9 Å². The summed E-state index contributed by atoms with van der Waals surface area (Å²) in [6.45, 7) is 0.195. The van der Waals surface area contributed by atoms with E-state index in [1.807, 2.05) is 0 Å². The molecular formula is C12H11F2N5O2. The van der Waals surface area contributed by atoms with Gasteiger partial charge in [0, 0.05) is 12.6 Å². The second-order valence-electron chi connectivity index (χ2n) is 4.17. The highest BCUT2D eigenvalue weighted by atomic mass is 19.1. The fraction of sp³-hybridized carbons (Fsp3) is 0.167. The smallest absolute Gasteiger partial charge is 0.352 e. The average Bonchev–Trinajstić information content (AvgIpc) is 2.37. The zero-order chi connectivity index (χ0) is 15.4. The van der Waals surface area contributed by atoms with E-state index in [0.29, 0.717) is 5.56 Å². The first kappa shape index (κ1) is 14.6. The van der Waals surface area contributed by atoms with E-state index in [0.717, 1.165) is 12.4 Å². The Bertz CT molecular complexity index is 660. The summed E-state index contributed by atoms with van der Waals surface area (Å²) in [6, 6.07) is 3.15. The van der Waals surface area contributed by atoms with E-state index in [1.54, 1.807) is 0 Å². The molecule has 0 amide bonds. The molecule has 0 bridgehead atoms. The molecule has 7 nitrogen and oxygen atoms in total. The molecule has 0 unspecified atom stereocenters. The van der Waals surface area contributed by atoms with Gasteiger partial charge in [-0.3, -0.25) is 10.1 Å². The molecule has 0 aliphatic carbocycles. The second-order valence-corrected chi connectivity index (χ2v) is 4.17. The van der Waals surface area contributed by atoms with Crippen molar-refractivity contribution in [3.8, 4) is 0 Å². The van der Waals surface area contributed by atoms with Gasteiger partial charge in [0.25, 0.3) is 0 Å². The third kappa shape index (κ3) is 3.59. The van der Waals surface area contributed by atoms with Gasteiger partial charge in [0.1, 0.15) is 18.0 Å². The number of hydrogen-bond acceptors (Lipinski definition) is 6. The van der Waals surface area contributed by atoms with Gasteiger partial charge in [0.15, 0.2) is 0 Å². The Morgan fingerprint density at radius 2 is 1.90 bits per heavy atom. The van der Waals surface area contributed by atoms with Gasteiger partial charge in [0.2, 0.25) is 11.6 Å². The monoisotopic (exact) mass is 295 g/mol. The molecule has 1 aromatic heterocycles. The van der Waals surface area contributed by atoms with Crippen molar-refractivity contribution in [2.45, 2.75) is 6.42 Å². The van der Waals surface area contributed by atoms with Crippen LogP contribution in [-0.4, -0.2) is 21.4 Å². The van der Waals surface area contributed by atoms with Crippen LogP contribution < -0.4 is 11.1 Å². The molecule has 3 N–H and O–H groups in total. The number of nitrogens with one attached hydrogen (secondary N) is 1. The number of nitrogens with two attached hydrogens (primary N) is 1. The predicted molar refractivity (Wildman–Crippen MR) is 71.7 cm³/mol. The summed E-state index contributed by atoms with van der Waals surface area (Å²) in [5.74, 6) is -1.65. The number of rotatable bonds is 5. The molecular weight excluding hydrogens is 284 g/mol. The van der Waals surface area contributed by atoms with Gasteiger partial charge >= 0.3 is 5.69 Å². The van der Waals surface area contributed by atoms with Gasteiger partial charge in [-0.25, -0.2) is 18.7 Å². The molecule has 9 heteroatoms. The number of halogens is 2. The van der Waals surface area contributed by atoms with E-state index in [-0.39, 0.29) is 24.6 Å². The molecule has 110 valence electrons. The lowest BCUT2D eigenvalue weighted by Crippen LogP contribution is -2.11. The number of nitrogen functional groups attached to an aromatic ring is 1. The highest BCUT2D eigenvalue weighted by molar-refractivity contribution is 5.67. The highest BCUT2D eigenvalue weighted by Crippen LogP contribution is 2.26. The number of aromatic nitrogens is 2. The minimum absolute atomic E-state index is 0.0376. The highest BCUT2D eigenvalue weighted by Gasteiger charge is 2.20. The standard InChI is InChI=1S/C12H11F2N5O2/c13-8-3-7(4-9(14)5-8)1-2-16-12-10(19(20)21)11(15)17-6-18-12/h3-6H,1-2H2,(H3,15,16,17,18). The van der Waals surface area contributed by atoms with Crippen LogP contribution in [0.15, 0.2) is 24.5 Å². The Labute approximate surface area is 118 Å². The topological polar surface area (TPSA) is 107 Å². The number of nitrogens with zero attached hydrogens (tertiary/aromatic N) is 3. The Morgan fingerprint density at radius 3 is 2.52 bits per heavy atom. The van der Waals surface area contributed by atoms with Crippen LogP contribution in [0.1, 0.15) is 5.56 Å². The number of anilines is 2. The maximum absolute atomic E-state index is 13.0. The van der Waals surface area contributed by atoms with Crippen LogP contribution in [0.25, 0.3) is 0 Å². The van der Waals surface area contributed by atoms with Crippen molar-refractivity contribution in [3.05, 3.63) is 51.8 Å². The Morgan fingerprint density at radius 1 is 1.24 bits per heavy atom. The quantitative estimate of drug-likeness (QED) is 0.644. The Balaban J connectivity index is 2.07. The molecule has 0 aliphatic heterocycles. The van der Waals surface area contributed by atoms with Gasteiger partial charge in [-0.1, -0.05) is 0 Å². The normalized spacial score (nSPS) is 10.4. The summed E-state index contributed by atoms with van der Waals surface area (Å²) < 4.78 is 26.0. The van der Waals surface area contributed by atoms with Gasteiger partial charge in [-0.15, -0.1) is 0 Å². The lowest BCUT2D eigenvalue weighted by atomic mass is 10.1. The van der Waals surface area contributed by atoms with E-state index in [4.69, 9.17) is 5.73 Å². The zero-order valence-corrected chi connectivity index (χ0v) is 10.7. The van der Waals surface area contributed by atoms with Gasteiger partial charge in [-0.05, 0) is 24.1 Å². The van der Waals surface area contributed by atoms with Crippen LogP contribution in [0.4, 0.5) is 26.1 Å². The van der Waals surface area contributed by atoms with Crippen molar-refractivity contribution in [1.82, 2.24) is 9.97 Å². The molecule has 1 aromatic carbocycles. The Hall–Kier alpha value is -2.84. The zero-order valence-electron chi connectivity index (χ0n) is 10.7. The fourth-order valence-electron chi connectivity index (χ4n) is 1.78. The lowest BCUT2D eigenvalue weighted by molar-refractivity contribution is -0.383. The van der Waals surface area contributed by atoms with Crippen molar-refractivity contribution in [2.75, 3.05) is 17.6 Å². The van der Waals surface area contributed by atoms with Gasteiger partial charge in [-0.2, -0.15) is 0 Å². The van der Waals surface area contributed by atoms with Crippen LogP contribution in [0.5, 0.6) is 0 Å². The fourth-order valence-corrected chi connectivity index (χ4v) is 1.78. The van der Waals surface area contributed by atoms with Crippen LogP contribution >= 0.6 is 0 Å². The molecule has 21 heavy (non-hydrogen) atoms. The van der Waals surface area contributed by atoms with Crippen molar-refractivity contribution < 1.29 is 13.7 Å². The largest absolute Gasteiger partial charge is 0.378 e. The van der Waals surface area contributed by atoms with Crippen molar-refractivity contribution >= 4 is 17.3 Å². The van der Waals surface area contributed by atoms with Crippen molar-refractivity contribution in [2.24, 2.45) is 0 Å². The van der Waals surface area contributed by atoms with Crippen LogP contribution in [-0.2, 0) is 6.42 Å². The van der Waals surface area contributed by atoms with Crippen LogP contribution in [0.3, 0.4) is 0 Å². The predicted octanol–water partition coefficient (Wildman–Crippen LogP) is 1.90. The van der Waals surface area contributed by atoms with Gasteiger partial charge < -0.3 is 11.1 Å². The van der Waals surface area contributed by atoms with Crippen LogP contribution in [0.2, 0.25) is 0 Å². The molecule has 0 saturated carbocycles. The number of hydrogen-bond donors (Lipinski definition) is 2. The summed E-state index contributed by atoms with van der Waals surface area (Å²) in [4.78, 5) is 17.4. The molecule has 0 aliphatic rings. The van der Waals surface area contributed by atoms with E-state index >= 15 is 0 Å². The first-order valence-corrected chi connectivity index (χ1v) is 5.91. The molecule has 2 rings (SSSR count). The third-order valence-electron chi connectivity index (χ3n) is 2.66. The SMILES string of the molecule is Nc1ncnc(NCCc2cc(F)cc(F)c2)c1[N+](=O)[O-]. The molecule has 0 spiro atoms. The van der Waals surface area contributed by atoms with E-state index in [1.165, 1.54) is 12.1 Å². The molecule has 0 fully saturated rings. The Kier molecular flexibility index (Phi) is 4.21. The number of benzene rings is 1. The molecule has 0 radical (unpaired) electrons. The lowest BCUT2D eigenvalue weighted by Gasteiger charge is -2.07. The maximum atomic E-state index is 13.0. The average molecular weight is 295 g/mol. The minimum atomic E-state index is -0.695. The molecule has 1 heterocycles. The van der Waals surface area contributed by atoms with E-state index in [2.05, 4.69) is 15.3 Å². The summed E-state index contributed by atoms with van der Waals surface area (Å²) in [5, 5.41) is 13.6. The summed E-state index contributed by atoms with van der Waals surface area (Å²) in [5.41, 5.74) is 5.41. The first-order chi connectivity index (χ1) is 9.97. The molecule has 2 aromatic rings. The minimum Gasteiger partial charge on any atom is -0.378 e. The third-order valence-corrected chi connectivity index (χ3v) is 2.66. The summed E-state index contributed by atoms with van der Waals surface area (Å²) >= 11 is 0. The van der Waals surface area contributed by atoms with Crippen LogP contribution in [0, 0.1) is 21.7 Å². The molecule has 0 saturated heterocycles. The van der Waals surface area contributed by atoms with Crippen molar-refractivity contribution in [1.29, 1.82) is 0 Å². The second kappa shape index (κ2) is 6.07. The summed E-state index contributed by atoms with van der Waals surface area (Å²) in [6.07, 6.45) is 1.35. The first-order valence-electron chi connectivity index (χ1n) is 5.91. The van der Waals surface area contributed by atoms with E-state index < -0.39 is 22.2 Å². The molecule has 0 atom stereocenters. The maximum Gasteiger partial charge on any atom is 0.352 e. The summed E-state index contributed by atoms with van der Waals surface area (Å²) in [7, 11) is 0. The number of nitro groups is 1.